The van der Waals surface area contributed by atoms with Gasteiger partial charge in [0.1, 0.15) is 23.1 Å². The number of hydrogen-bond acceptors (Lipinski definition) is 2. The second-order valence-corrected chi connectivity index (χ2v) is 4.41. The van der Waals surface area contributed by atoms with E-state index in [0.717, 1.165) is 0 Å². The molecule has 0 unspecified atom stereocenters. The lowest BCUT2D eigenvalue weighted by Gasteiger charge is -2.11. The molecule has 5 heteroatoms. The normalized spacial score (nSPS) is 10.4. The van der Waals surface area contributed by atoms with Crippen LogP contribution in [0.2, 0.25) is 0 Å². The monoisotopic (exact) mass is 314 g/mol. The summed E-state index contributed by atoms with van der Waals surface area (Å²) < 4.78 is 32.4. The van der Waals surface area contributed by atoms with E-state index in [0.29, 0.717) is 4.47 Å². The van der Waals surface area contributed by atoms with E-state index < -0.39 is 18.2 Å². The number of halogens is 3. The van der Waals surface area contributed by atoms with Gasteiger partial charge in [0.15, 0.2) is 0 Å². The fourth-order valence-electron chi connectivity index (χ4n) is 1.46. The molecule has 0 fully saturated rings. The maximum Gasteiger partial charge on any atom is 0.144 e. The van der Waals surface area contributed by atoms with Crippen LogP contribution in [0.1, 0.15) is 5.56 Å². The molecule has 18 heavy (non-hydrogen) atoms. The number of benzene rings is 2. The summed E-state index contributed by atoms with van der Waals surface area (Å²) in [4.78, 5) is 0. The Morgan fingerprint density at radius 3 is 2.61 bits per heavy atom. The molecule has 0 atom stereocenters. The van der Waals surface area contributed by atoms with Crippen molar-refractivity contribution in [3.05, 3.63) is 58.1 Å². The topological polar surface area (TPSA) is 29.5 Å². The van der Waals surface area contributed by atoms with Crippen LogP contribution in [-0.4, -0.2) is 5.11 Å². The Morgan fingerprint density at radius 1 is 1.11 bits per heavy atom. The van der Waals surface area contributed by atoms with Gasteiger partial charge in [0.2, 0.25) is 0 Å². The van der Waals surface area contributed by atoms with Crippen LogP contribution in [0.3, 0.4) is 0 Å². The quantitative estimate of drug-likeness (QED) is 0.927. The molecule has 2 rings (SSSR count). The predicted octanol–water partition coefficient (Wildman–Crippen LogP) is 4.01. The first-order chi connectivity index (χ1) is 8.61. The summed E-state index contributed by atoms with van der Waals surface area (Å²) in [6.45, 7) is -0.491. The molecule has 0 radical (unpaired) electrons. The molecule has 0 aliphatic heterocycles. The smallest absolute Gasteiger partial charge is 0.144 e. The molecule has 94 valence electrons. The minimum atomic E-state index is -0.567. The van der Waals surface area contributed by atoms with Crippen molar-refractivity contribution in [3.8, 4) is 11.5 Å². The lowest BCUT2D eigenvalue weighted by molar-refractivity contribution is 0.269. The highest BCUT2D eigenvalue weighted by molar-refractivity contribution is 9.10. The minimum absolute atomic E-state index is 0.0358. The average molecular weight is 315 g/mol. The third-order valence-corrected chi connectivity index (χ3v) is 3.00. The van der Waals surface area contributed by atoms with Gasteiger partial charge in [-0.15, -0.1) is 0 Å². The summed E-state index contributed by atoms with van der Waals surface area (Å²) in [5.74, 6) is -0.656. The van der Waals surface area contributed by atoms with Gasteiger partial charge < -0.3 is 9.84 Å². The van der Waals surface area contributed by atoms with Crippen LogP contribution in [0.15, 0.2) is 40.9 Å². The number of ether oxygens (including phenoxy) is 1. The largest absolute Gasteiger partial charge is 0.456 e. The van der Waals surface area contributed by atoms with Crippen molar-refractivity contribution in [2.75, 3.05) is 0 Å². The Kier molecular flexibility index (Phi) is 3.93. The predicted molar refractivity (Wildman–Crippen MR) is 66.5 cm³/mol. The third kappa shape index (κ3) is 2.68. The summed E-state index contributed by atoms with van der Waals surface area (Å²) in [6.07, 6.45) is 0. The highest BCUT2D eigenvalue weighted by Crippen LogP contribution is 2.32. The van der Waals surface area contributed by atoms with Gasteiger partial charge in [-0.25, -0.2) is 8.78 Å². The summed E-state index contributed by atoms with van der Waals surface area (Å²) in [5.41, 5.74) is 0.0358. The zero-order valence-electron chi connectivity index (χ0n) is 9.16. The Balaban J connectivity index is 2.40. The van der Waals surface area contributed by atoms with E-state index in [-0.39, 0.29) is 17.1 Å². The molecule has 0 saturated carbocycles. The van der Waals surface area contributed by atoms with Crippen molar-refractivity contribution in [1.82, 2.24) is 0 Å². The molecule has 0 aliphatic carbocycles. The molecule has 0 amide bonds. The zero-order valence-corrected chi connectivity index (χ0v) is 10.7. The zero-order chi connectivity index (χ0) is 13.1. The maximum absolute atomic E-state index is 13.4. The molecule has 2 nitrogen and oxygen atoms in total. The minimum Gasteiger partial charge on any atom is -0.456 e. The fourth-order valence-corrected chi connectivity index (χ4v) is 1.79. The molecule has 2 aromatic rings. The molecule has 0 aliphatic rings. The van der Waals surface area contributed by atoms with Crippen LogP contribution in [0.25, 0.3) is 0 Å². The Labute approximate surface area is 111 Å². The Bertz CT molecular complexity index is 573. The summed E-state index contributed by atoms with van der Waals surface area (Å²) in [6, 6.07) is 8.12. The Morgan fingerprint density at radius 2 is 1.89 bits per heavy atom. The number of aliphatic hydroxyl groups is 1. The highest BCUT2D eigenvalue weighted by atomic mass is 79.9. The van der Waals surface area contributed by atoms with Gasteiger partial charge in [-0.1, -0.05) is 6.07 Å². The van der Waals surface area contributed by atoms with Crippen molar-refractivity contribution >= 4 is 15.9 Å². The van der Waals surface area contributed by atoms with E-state index in [1.165, 1.54) is 36.4 Å². The van der Waals surface area contributed by atoms with Crippen LogP contribution in [0.4, 0.5) is 8.78 Å². The van der Waals surface area contributed by atoms with Crippen molar-refractivity contribution in [2.45, 2.75) is 6.61 Å². The first-order valence-electron chi connectivity index (χ1n) is 5.13. The van der Waals surface area contributed by atoms with E-state index in [4.69, 9.17) is 9.84 Å². The lowest BCUT2D eigenvalue weighted by atomic mass is 10.2. The van der Waals surface area contributed by atoms with Crippen LogP contribution < -0.4 is 4.74 Å². The molecule has 1 N–H and O–H groups in total. The molecular weight excluding hydrogens is 306 g/mol. The number of aliphatic hydroxyl groups excluding tert-OH is 1. The van der Waals surface area contributed by atoms with Crippen molar-refractivity contribution in [2.24, 2.45) is 0 Å². The molecular formula is C13H9BrF2O2. The van der Waals surface area contributed by atoms with Crippen molar-refractivity contribution in [3.63, 3.8) is 0 Å². The van der Waals surface area contributed by atoms with Gasteiger partial charge in [0.25, 0.3) is 0 Å². The fraction of sp³-hybridized carbons (Fsp3) is 0.0769. The van der Waals surface area contributed by atoms with Crippen LogP contribution >= 0.6 is 15.9 Å². The number of rotatable bonds is 3. The maximum atomic E-state index is 13.4. The Hall–Kier alpha value is -1.46. The van der Waals surface area contributed by atoms with Crippen LogP contribution in [0.5, 0.6) is 11.5 Å². The van der Waals surface area contributed by atoms with E-state index in [1.54, 1.807) is 0 Å². The molecule has 0 spiro atoms. The molecule has 0 heterocycles. The van der Waals surface area contributed by atoms with Gasteiger partial charge in [-0.3, -0.25) is 0 Å². The first-order valence-corrected chi connectivity index (χ1v) is 5.92. The van der Waals surface area contributed by atoms with Gasteiger partial charge in [0.05, 0.1) is 16.6 Å². The molecule has 0 saturated heterocycles. The van der Waals surface area contributed by atoms with Gasteiger partial charge in [-0.2, -0.15) is 0 Å². The first kappa shape index (κ1) is 13.0. The van der Waals surface area contributed by atoms with Crippen LogP contribution in [-0.2, 0) is 6.61 Å². The highest BCUT2D eigenvalue weighted by Gasteiger charge is 2.11. The summed E-state index contributed by atoms with van der Waals surface area (Å²) in [7, 11) is 0. The lowest BCUT2D eigenvalue weighted by Crippen LogP contribution is -1.96. The summed E-state index contributed by atoms with van der Waals surface area (Å²) >= 11 is 3.21. The van der Waals surface area contributed by atoms with E-state index in [9.17, 15) is 8.78 Å². The van der Waals surface area contributed by atoms with Gasteiger partial charge >= 0.3 is 0 Å². The average Bonchev–Trinajstić information content (AvgIpc) is 2.34. The van der Waals surface area contributed by atoms with E-state index >= 15 is 0 Å². The SMILES string of the molecule is OCc1c(F)cccc1Oc1cc(F)ccc1Br. The third-order valence-electron chi connectivity index (χ3n) is 2.35. The van der Waals surface area contributed by atoms with Gasteiger partial charge in [0, 0.05) is 6.07 Å². The van der Waals surface area contributed by atoms with E-state index in [1.807, 2.05) is 0 Å². The molecule has 0 bridgehead atoms. The number of hydrogen-bond donors (Lipinski definition) is 1. The standard InChI is InChI=1S/C13H9BrF2O2/c14-10-5-4-8(15)6-13(10)18-12-3-1-2-11(16)9(12)7-17/h1-6,17H,7H2. The van der Waals surface area contributed by atoms with Crippen LogP contribution in [0, 0.1) is 11.6 Å². The molecule has 2 aromatic carbocycles. The second-order valence-electron chi connectivity index (χ2n) is 3.55. The van der Waals surface area contributed by atoms with E-state index in [2.05, 4.69) is 15.9 Å². The van der Waals surface area contributed by atoms with Crippen molar-refractivity contribution in [1.29, 1.82) is 0 Å². The molecule has 0 aromatic heterocycles. The second kappa shape index (κ2) is 5.46. The summed E-state index contributed by atoms with van der Waals surface area (Å²) in [5, 5.41) is 9.10. The van der Waals surface area contributed by atoms with Crippen molar-refractivity contribution < 1.29 is 18.6 Å². The van der Waals surface area contributed by atoms with Gasteiger partial charge in [-0.05, 0) is 40.2 Å².